The average molecular weight is 296 g/mol. The summed E-state index contributed by atoms with van der Waals surface area (Å²) in [6.45, 7) is 11.1. The number of hydrogen-bond donors (Lipinski definition) is 1. The van der Waals surface area contributed by atoms with Crippen LogP contribution in [0.15, 0.2) is 0 Å². The van der Waals surface area contributed by atoms with Gasteiger partial charge in [-0.3, -0.25) is 4.79 Å². The van der Waals surface area contributed by atoms with Gasteiger partial charge in [-0.05, 0) is 44.4 Å². The summed E-state index contributed by atoms with van der Waals surface area (Å²) in [5, 5.41) is 3.67. The molecule has 1 saturated carbocycles. The van der Waals surface area contributed by atoms with Crippen LogP contribution in [-0.2, 0) is 9.53 Å². The Labute approximate surface area is 129 Å². The van der Waals surface area contributed by atoms with Crippen LogP contribution in [0, 0.1) is 17.8 Å². The highest BCUT2D eigenvalue weighted by Crippen LogP contribution is 2.36. The fraction of sp³-hybridized carbons (Fsp3) is 0.941. The highest BCUT2D eigenvalue weighted by molar-refractivity contribution is 5.76. The minimum Gasteiger partial charge on any atom is -0.468 e. The van der Waals surface area contributed by atoms with Crippen LogP contribution >= 0.6 is 0 Å². The Balaban J connectivity index is 2.07. The molecule has 0 radical (unpaired) electrons. The molecule has 1 heterocycles. The summed E-state index contributed by atoms with van der Waals surface area (Å²) in [6, 6.07) is 0.921. The van der Waals surface area contributed by atoms with Crippen LogP contribution in [0.5, 0.6) is 0 Å². The Morgan fingerprint density at radius 3 is 2.14 bits per heavy atom. The third-order valence-electron chi connectivity index (χ3n) is 5.33. The van der Waals surface area contributed by atoms with Gasteiger partial charge in [0.05, 0.1) is 7.11 Å². The zero-order chi connectivity index (χ0) is 15.6. The number of methoxy groups -OCH3 is 1. The SMILES string of the molecule is COC(=O)C(NC1C2CCCC1CN(C(C)C)C2)C(C)C. The molecule has 4 heteroatoms. The minimum absolute atomic E-state index is 0.116. The van der Waals surface area contributed by atoms with Gasteiger partial charge in [0.2, 0.25) is 0 Å². The van der Waals surface area contributed by atoms with E-state index in [0.29, 0.717) is 23.9 Å². The van der Waals surface area contributed by atoms with E-state index in [4.69, 9.17) is 4.74 Å². The second-order valence-corrected chi connectivity index (χ2v) is 7.44. The van der Waals surface area contributed by atoms with Crippen LogP contribution in [-0.4, -0.2) is 49.2 Å². The second-order valence-electron chi connectivity index (χ2n) is 7.44. The van der Waals surface area contributed by atoms with Crippen LogP contribution in [0.1, 0.15) is 47.0 Å². The largest absolute Gasteiger partial charge is 0.468 e. The van der Waals surface area contributed by atoms with Crippen molar-refractivity contribution in [2.24, 2.45) is 17.8 Å². The molecule has 21 heavy (non-hydrogen) atoms. The normalized spacial score (nSPS) is 31.5. The first-order valence-corrected chi connectivity index (χ1v) is 8.52. The maximum absolute atomic E-state index is 12.0. The minimum atomic E-state index is -0.173. The Kier molecular flexibility index (Phi) is 5.67. The number of fused-ring (bicyclic) bond motifs is 2. The van der Waals surface area contributed by atoms with E-state index >= 15 is 0 Å². The molecule has 0 aromatic rings. The van der Waals surface area contributed by atoms with E-state index < -0.39 is 0 Å². The van der Waals surface area contributed by atoms with Crippen molar-refractivity contribution in [1.82, 2.24) is 10.2 Å². The van der Waals surface area contributed by atoms with Crippen molar-refractivity contribution in [3.63, 3.8) is 0 Å². The third kappa shape index (κ3) is 3.78. The molecule has 2 bridgehead atoms. The molecular formula is C17H32N2O2. The van der Waals surface area contributed by atoms with Gasteiger partial charge in [-0.1, -0.05) is 20.3 Å². The molecule has 1 N–H and O–H groups in total. The van der Waals surface area contributed by atoms with Gasteiger partial charge < -0.3 is 15.0 Å². The molecule has 0 aromatic heterocycles. The van der Waals surface area contributed by atoms with Gasteiger partial charge in [0, 0.05) is 25.2 Å². The molecule has 0 aromatic carbocycles. The van der Waals surface area contributed by atoms with Crippen LogP contribution in [0.2, 0.25) is 0 Å². The quantitative estimate of drug-likeness (QED) is 0.790. The number of carbonyl (C=O) groups is 1. The highest BCUT2D eigenvalue weighted by atomic mass is 16.5. The number of carbonyl (C=O) groups excluding carboxylic acids is 1. The number of likely N-dealkylation sites (tertiary alicyclic amines) is 1. The molecular weight excluding hydrogens is 264 g/mol. The molecule has 4 nitrogen and oxygen atoms in total. The first-order valence-electron chi connectivity index (χ1n) is 8.52. The maximum atomic E-state index is 12.0. The Morgan fingerprint density at radius 1 is 1.14 bits per heavy atom. The summed E-state index contributed by atoms with van der Waals surface area (Å²) < 4.78 is 4.98. The Hall–Kier alpha value is -0.610. The van der Waals surface area contributed by atoms with Gasteiger partial charge >= 0.3 is 5.97 Å². The van der Waals surface area contributed by atoms with E-state index in [1.165, 1.54) is 26.4 Å². The van der Waals surface area contributed by atoms with Crippen molar-refractivity contribution in [1.29, 1.82) is 0 Å². The van der Waals surface area contributed by atoms with E-state index in [1.54, 1.807) is 0 Å². The second kappa shape index (κ2) is 7.10. The summed E-state index contributed by atoms with van der Waals surface area (Å²) in [6.07, 6.45) is 3.90. The molecule has 3 unspecified atom stereocenters. The zero-order valence-electron chi connectivity index (χ0n) is 14.3. The fourth-order valence-corrected chi connectivity index (χ4v) is 4.03. The Morgan fingerprint density at radius 2 is 1.71 bits per heavy atom. The standard InChI is InChI=1S/C17H32N2O2/c1-11(2)15(17(20)21-5)18-16-13-7-6-8-14(16)10-19(9-13)12(3)4/h11-16,18H,6-10H2,1-5H3. The van der Waals surface area contributed by atoms with Crippen molar-refractivity contribution >= 4 is 5.97 Å². The average Bonchev–Trinajstić information content (AvgIpc) is 2.42. The predicted octanol–water partition coefficient (Wildman–Crippen LogP) is 2.28. The smallest absolute Gasteiger partial charge is 0.323 e. The number of nitrogens with zero attached hydrogens (tertiary/aromatic N) is 1. The van der Waals surface area contributed by atoms with Gasteiger partial charge in [-0.2, -0.15) is 0 Å². The summed E-state index contributed by atoms with van der Waals surface area (Å²) in [5.41, 5.74) is 0. The molecule has 1 aliphatic carbocycles. The van der Waals surface area contributed by atoms with Gasteiger partial charge in [0.15, 0.2) is 0 Å². The summed E-state index contributed by atoms with van der Waals surface area (Å²) in [7, 11) is 1.49. The van der Waals surface area contributed by atoms with E-state index in [1.807, 2.05) is 0 Å². The summed E-state index contributed by atoms with van der Waals surface area (Å²) >= 11 is 0. The van der Waals surface area contributed by atoms with E-state index in [2.05, 4.69) is 37.9 Å². The monoisotopic (exact) mass is 296 g/mol. The lowest BCUT2D eigenvalue weighted by atomic mass is 9.72. The topological polar surface area (TPSA) is 41.6 Å². The maximum Gasteiger partial charge on any atom is 0.323 e. The van der Waals surface area contributed by atoms with E-state index in [-0.39, 0.29) is 17.9 Å². The fourth-order valence-electron chi connectivity index (χ4n) is 4.03. The molecule has 0 spiro atoms. The van der Waals surface area contributed by atoms with Crippen LogP contribution in [0.3, 0.4) is 0 Å². The van der Waals surface area contributed by atoms with Gasteiger partial charge in [-0.25, -0.2) is 0 Å². The van der Waals surface area contributed by atoms with Crippen LogP contribution in [0.4, 0.5) is 0 Å². The van der Waals surface area contributed by atoms with E-state index in [9.17, 15) is 4.79 Å². The summed E-state index contributed by atoms with van der Waals surface area (Å²) in [4.78, 5) is 14.6. The molecule has 3 atom stereocenters. The molecule has 1 aliphatic heterocycles. The summed E-state index contributed by atoms with van der Waals surface area (Å²) in [5.74, 6) is 1.49. The molecule has 2 rings (SSSR count). The predicted molar refractivity (Wildman–Crippen MR) is 85.1 cm³/mol. The molecule has 1 saturated heterocycles. The van der Waals surface area contributed by atoms with Gasteiger partial charge in [-0.15, -0.1) is 0 Å². The van der Waals surface area contributed by atoms with Gasteiger partial charge in [0.25, 0.3) is 0 Å². The number of piperidine rings is 1. The lowest BCUT2D eigenvalue weighted by Gasteiger charge is -2.50. The first-order chi connectivity index (χ1) is 9.93. The molecule has 122 valence electrons. The number of hydrogen-bond acceptors (Lipinski definition) is 4. The van der Waals surface area contributed by atoms with Crippen LogP contribution in [0.25, 0.3) is 0 Å². The molecule has 2 aliphatic rings. The van der Waals surface area contributed by atoms with Crippen molar-refractivity contribution < 1.29 is 9.53 Å². The lowest BCUT2D eigenvalue weighted by Crippen LogP contribution is -2.61. The Bertz CT molecular complexity index is 343. The molecule has 0 amide bonds. The lowest BCUT2D eigenvalue weighted by molar-refractivity contribution is -0.145. The van der Waals surface area contributed by atoms with Crippen molar-refractivity contribution in [3.05, 3.63) is 0 Å². The van der Waals surface area contributed by atoms with Crippen molar-refractivity contribution in [2.45, 2.75) is 65.1 Å². The number of ether oxygens (including phenoxy) is 1. The van der Waals surface area contributed by atoms with E-state index in [0.717, 1.165) is 13.1 Å². The zero-order valence-corrected chi connectivity index (χ0v) is 14.3. The van der Waals surface area contributed by atoms with Gasteiger partial charge in [0.1, 0.15) is 6.04 Å². The van der Waals surface area contributed by atoms with Crippen molar-refractivity contribution in [3.8, 4) is 0 Å². The number of rotatable bonds is 5. The van der Waals surface area contributed by atoms with Crippen molar-refractivity contribution in [2.75, 3.05) is 20.2 Å². The number of esters is 1. The third-order valence-corrected chi connectivity index (χ3v) is 5.33. The first kappa shape index (κ1) is 16.8. The number of nitrogens with one attached hydrogen (secondary N) is 1. The highest BCUT2D eigenvalue weighted by Gasteiger charge is 2.42. The molecule has 2 fully saturated rings. The van der Waals surface area contributed by atoms with Crippen LogP contribution < -0.4 is 5.32 Å².